The number of carbonyl (C=O) groups excluding carboxylic acids is 3. The number of phenolic OH excluding ortho intramolecular Hbond substituents is 1. The number of nitrogens with one attached hydrogen (secondary N) is 2. The smallest absolute Gasteiger partial charge is 0.279 e. The molecule has 2 aromatic rings. The van der Waals surface area contributed by atoms with Crippen molar-refractivity contribution in [1.82, 2.24) is 15.1 Å². The van der Waals surface area contributed by atoms with Gasteiger partial charge in [0, 0.05) is 27.7 Å². The summed E-state index contributed by atoms with van der Waals surface area (Å²) in [5, 5.41) is 16.3. The van der Waals surface area contributed by atoms with Crippen molar-refractivity contribution in [3.05, 3.63) is 71.1 Å². The highest BCUT2D eigenvalue weighted by Crippen LogP contribution is 2.31. The zero-order valence-electron chi connectivity index (χ0n) is 18.4. The highest BCUT2D eigenvalue weighted by molar-refractivity contribution is 6.20. The van der Waals surface area contributed by atoms with E-state index in [4.69, 9.17) is 0 Å². The number of amides is 3. The van der Waals surface area contributed by atoms with Gasteiger partial charge in [0.25, 0.3) is 17.7 Å². The molecule has 164 valence electrons. The molecule has 0 radical (unpaired) electrons. The lowest BCUT2D eigenvalue weighted by Crippen LogP contribution is -2.29. The van der Waals surface area contributed by atoms with Crippen LogP contribution in [0.25, 0.3) is 0 Å². The summed E-state index contributed by atoms with van der Waals surface area (Å²) in [6.45, 7) is 4.35. The van der Waals surface area contributed by atoms with E-state index in [0.29, 0.717) is 6.54 Å². The van der Waals surface area contributed by atoms with Crippen LogP contribution in [-0.2, 0) is 16.1 Å². The van der Waals surface area contributed by atoms with E-state index < -0.39 is 11.8 Å². The number of phenols is 1. The molecule has 0 aromatic heterocycles. The molecule has 1 aliphatic rings. The van der Waals surface area contributed by atoms with Crippen LogP contribution in [0.3, 0.4) is 0 Å². The Morgan fingerprint density at radius 2 is 1.58 bits per heavy atom. The Balaban J connectivity index is 0.00000166. The third-order valence-corrected chi connectivity index (χ3v) is 4.53. The maximum absolute atomic E-state index is 12.6. The van der Waals surface area contributed by atoms with Crippen molar-refractivity contribution in [3.8, 4) is 5.75 Å². The molecule has 0 aliphatic carbocycles. The topological polar surface area (TPSA) is 102 Å². The molecule has 1 aliphatic heterocycles. The molecule has 8 nitrogen and oxygen atoms in total. The SMILES string of the molecule is CC.CN(C)C(=O)c1cccc(NC2=C(NCc3ccccc3)C(=O)N(C)C2=O)c1O. The van der Waals surface area contributed by atoms with Gasteiger partial charge in [-0.15, -0.1) is 0 Å². The first-order valence-corrected chi connectivity index (χ1v) is 9.96. The summed E-state index contributed by atoms with van der Waals surface area (Å²) in [5.74, 6) is -1.69. The van der Waals surface area contributed by atoms with Gasteiger partial charge < -0.3 is 20.6 Å². The van der Waals surface area contributed by atoms with Crippen LogP contribution in [0.15, 0.2) is 59.9 Å². The maximum atomic E-state index is 12.6. The van der Waals surface area contributed by atoms with Crippen LogP contribution < -0.4 is 10.6 Å². The average Bonchev–Trinajstić information content (AvgIpc) is 2.98. The van der Waals surface area contributed by atoms with Gasteiger partial charge in [0.05, 0.1) is 11.3 Å². The van der Waals surface area contributed by atoms with Crippen molar-refractivity contribution in [2.45, 2.75) is 20.4 Å². The predicted molar refractivity (Wildman–Crippen MR) is 119 cm³/mol. The van der Waals surface area contributed by atoms with Gasteiger partial charge in [-0.3, -0.25) is 19.3 Å². The van der Waals surface area contributed by atoms with Crippen molar-refractivity contribution in [3.63, 3.8) is 0 Å². The minimum atomic E-state index is -0.533. The van der Waals surface area contributed by atoms with E-state index in [-0.39, 0.29) is 34.3 Å². The summed E-state index contributed by atoms with van der Waals surface area (Å²) in [4.78, 5) is 39.6. The second kappa shape index (κ2) is 10.3. The molecule has 0 spiro atoms. The molecule has 8 heteroatoms. The highest BCUT2D eigenvalue weighted by Gasteiger charge is 2.36. The van der Waals surface area contributed by atoms with Crippen LogP contribution >= 0.6 is 0 Å². The van der Waals surface area contributed by atoms with Gasteiger partial charge in [0.15, 0.2) is 5.75 Å². The molecule has 1 heterocycles. The fourth-order valence-electron chi connectivity index (χ4n) is 2.90. The summed E-state index contributed by atoms with van der Waals surface area (Å²) in [6, 6.07) is 14.0. The first-order chi connectivity index (χ1) is 14.8. The summed E-state index contributed by atoms with van der Waals surface area (Å²) in [7, 11) is 4.53. The van der Waals surface area contributed by atoms with Gasteiger partial charge in [-0.05, 0) is 17.7 Å². The molecular formula is C23H28N4O4. The van der Waals surface area contributed by atoms with Crippen molar-refractivity contribution in [2.75, 3.05) is 26.5 Å². The van der Waals surface area contributed by atoms with E-state index in [1.807, 2.05) is 44.2 Å². The maximum Gasteiger partial charge on any atom is 0.279 e. The van der Waals surface area contributed by atoms with Gasteiger partial charge in [0.2, 0.25) is 0 Å². The molecule has 0 saturated carbocycles. The average molecular weight is 425 g/mol. The van der Waals surface area contributed by atoms with Crippen LogP contribution in [0, 0.1) is 0 Å². The Labute approximate surface area is 182 Å². The number of anilines is 1. The normalized spacial score (nSPS) is 13.0. The van der Waals surface area contributed by atoms with Crippen LogP contribution in [0.1, 0.15) is 29.8 Å². The first kappa shape index (κ1) is 23.5. The van der Waals surface area contributed by atoms with Gasteiger partial charge in [0.1, 0.15) is 11.4 Å². The monoisotopic (exact) mass is 424 g/mol. The third-order valence-electron chi connectivity index (χ3n) is 4.53. The molecule has 3 amide bonds. The molecule has 2 aromatic carbocycles. The van der Waals surface area contributed by atoms with Gasteiger partial charge in [-0.25, -0.2) is 0 Å². The number of imide groups is 1. The summed E-state index contributed by atoms with van der Waals surface area (Å²) >= 11 is 0. The molecule has 3 N–H and O–H groups in total. The molecule has 31 heavy (non-hydrogen) atoms. The minimum Gasteiger partial charge on any atom is -0.505 e. The van der Waals surface area contributed by atoms with Crippen LogP contribution in [0.4, 0.5) is 5.69 Å². The predicted octanol–water partition coefficient (Wildman–Crippen LogP) is 2.53. The molecule has 3 rings (SSSR count). The summed E-state index contributed by atoms with van der Waals surface area (Å²) in [5.41, 5.74) is 1.30. The van der Waals surface area contributed by atoms with Crippen LogP contribution in [0.5, 0.6) is 5.75 Å². The number of aromatic hydroxyl groups is 1. The zero-order valence-corrected chi connectivity index (χ0v) is 18.4. The third kappa shape index (κ3) is 5.03. The fourth-order valence-corrected chi connectivity index (χ4v) is 2.90. The second-order valence-electron chi connectivity index (χ2n) is 6.78. The Morgan fingerprint density at radius 3 is 2.19 bits per heavy atom. The van der Waals surface area contributed by atoms with Gasteiger partial charge in [-0.2, -0.15) is 0 Å². The fraction of sp³-hybridized carbons (Fsp3) is 0.261. The Morgan fingerprint density at radius 1 is 0.968 bits per heavy atom. The molecular weight excluding hydrogens is 396 g/mol. The Kier molecular flexibility index (Phi) is 7.79. The number of carbonyl (C=O) groups is 3. The van der Waals surface area contributed by atoms with Crippen molar-refractivity contribution < 1.29 is 19.5 Å². The van der Waals surface area contributed by atoms with Crippen LogP contribution in [0.2, 0.25) is 0 Å². The standard InChI is InChI=1S/C21H22N4O4.C2H6/c1-24(2)19(27)14-10-7-11-15(18(14)26)23-17-16(20(28)25(3)21(17)29)22-12-13-8-5-4-6-9-13;1-2/h4-11,22-23,26H,12H2,1-3H3;1-2H3. The number of rotatable bonds is 6. The number of likely N-dealkylation sites (N-methyl/N-ethyl adjacent to an activating group) is 1. The number of para-hydroxylation sites is 1. The highest BCUT2D eigenvalue weighted by atomic mass is 16.3. The summed E-state index contributed by atoms with van der Waals surface area (Å²) < 4.78 is 0. The van der Waals surface area contributed by atoms with E-state index >= 15 is 0 Å². The minimum absolute atomic E-state index is 0.0122. The Bertz CT molecular complexity index is 1000. The quantitative estimate of drug-likeness (QED) is 0.487. The van der Waals surface area contributed by atoms with Gasteiger partial charge >= 0.3 is 0 Å². The van der Waals surface area contributed by atoms with E-state index in [2.05, 4.69) is 10.6 Å². The van der Waals surface area contributed by atoms with E-state index in [1.165, 1.54) is 24.1 Å². The van der Waals surface area contributed by atoms with E-state index in [1.54, 1.807) is 20.2 Å². The second-order valence-corrected chi connectivity index (χ2v) is 6.78. The van der Waals surface area contributed by atoms with Crippen molar-refractivity contribution >= 4 is 23.4 Å². The molecule has 0 saturated heterocycles. The number of hydrogen-bond donors (Lipinski definition) is 3. The lowest BCUT2D eigenvalue weighted by molar-refractivity contribution is -0.136. The summed E-state index contributed by atoms with van der Waals surface area (Å²) in [6.07, 6.45) is 0. The number of nitrogens with zero attached hydrogens (tertiary/aromatic N) is 2. The van der Waals surface area contributed by atoms with E-state index in [9.17, 15) is 19.5 Å². The Hall–Kier alpha value is -3.81. The molecule has 0 atom stereocenters. The zero-order chi connectivity index (χ0) is 23.1. The number of hydrogen-bond acceptors (Lipinski definition) is 6. The lowest BCUT2D eigenvalue weighted by atomic mass is 10.1. The molecule has 0 bridgehead atoms. The van der Waals surface area contributed by atoms with E-state index in [0.717, 1.165) is 10.5 Å². The number of benzene rings is 2. The van der Waals surface area contributed by atoms with Crippen molar-refractivity contribution in [2.24, 2.45) is 0 Å². The first-order valence-electron chi connectivity index (χ1n) is 9.96. The van der Waals surface area contributed by atoms with Crippen molar-refractivity contribution in [1.29, 1.82) is 0 Å². The molecule has 0 unspecified atom stereocenters. The van der Waals surface area contributed by atoms with Gasteiger partial charge in [-0.1, -0.05) is 50.2 Å². The van der Waals surface area contributed by atoms with Crippen LogP contribution in [-0.4, -0.2) is 53.8 Å². The largest absolute Gasteiger partial charge is 0.505 e. The molecule has 0 fully saturated rings. The lowest BCUT2D eigenvalue weighted by Gasteiger charge is -2.15.